The lowest BCUT2D eigenvalue weighted by atomic mass is 9.73. The van der Waals surface area contributed by atoms with Crippen LogP contribution in [0, 0.1) is 5.41 Å². The fourth-order valence-corrected chi connectivity index (χ4v) is 2.83. The first-order chi connectivity index (χ1) is 11.7. The van der Waals surface area contributed by atoms with Crippen LogP contribution in [0.3, 0.4) is 0 Å². The van der Waals surface area contributed by atoms with Crippen molar-refractivity contribution in [2.75, 3.05) is 26.2 Å². The molecule has 0 saturated heterocycles. The number of guanidine groups is 1. The Kier molecular flexibility index (Phi) is 11.5. The number of aliphatic hydroxyl groups is 1. The number of alkyl carbamates (subject to hydrolysis) is 1. The van der Waals surface area contributed by atoms with Gasteiger partial charge in [0, 0.05) is 25.0 Å². The van der Waals surface area contributed by atoms with E-state index in [4.69, 9.17) is 4.74 Å². The van der Waals surface area contributed by atoms with Crippen LogP contribution < -0.4 is 16.0 Å². The summed E-state index contributed by atoms with van der Waals surface area (Å²) in [5.74, 6) is 0.701. The number of halogens is 1. The Balaban J connectivity index is 0.00000625. The monoisotopic (exact) mass is 484 g/mol. The van der Waals surface area contributed by atoms with Crippen LogP contribution in [0.4, 0.5) is 4.79 Å². The molecule has 1 rings (SSSR count). The third kappa shape index (κ3) is 9.80. The third-order valence-electron chi connectivity index (χ3n) is 4.31. The molecule has 2 unspecified atom stereocenters. The molecule has 1 saturated carbocycles. The predicted molar refractivity (Wildman–Crippen MR) is 116 cm³/mol. The lowest BCUT2D eigenvalue weighted by Crippen LogP contribution is -2.44. The maximum absolute atomic E-state index is 11.6. The summed E-state index contributed by atoms with van der Waals surface area (Å²) in [6.07, 6.45) is 3.38. The van der Waals surface area contributed by atoms with Gasteiger partial charge in [0.05, 0.1) is 12.6 Å². The second-order valence-electron chi connectivity index (χ2n) is 7.97. The summed E-state index contributed by atoms with van der Waals surface area (Å²) in [7, 11) is 0. The molecule has 1 aliphatic rings. The molecule has 0 bridgehead atoms. The van der Waals surface area contributed by atoms with Gasteiger partial charge in [-0.1, -0.05) is 19.8 Å². The minimum Gasteiger partial charge on any atom is -0.444 e. The van der Waals surface area contributed by atoms with E-state index in [1.54, 1.807) is 0 Å². The zero-order valence-corrected chi connectivity index (χ0v) is 19.2. The van der Waals surface area contributed by atoms with Crippen LogP contribution in [0.15, 0.2) is 4.99 Å². The average molecular weight is 484 g/mol. The topological polar surface area (TPSA) is 95.0 Å². The van der Waals surface area contributed by atoms with Crippen LogP contribution in [-0.4, -0.2) is 55.0 Å². The number of aliphatic imine (C=N–C) groups is 1. The summed E-state index contributed by atoms with van der Waals surface area (Å²) in [5, 5.41) is 19.4. The fourth-order valence-electron chi connectivity index (χ4n) is 2.83. The first-order valence-corrected chi connectivity index (χ1v) is 9.33. The predicted octanol–water partition coefficient (Wildman–Crippen LogP) is 2.63. The first kappa shape index (κ1) is 25.2. The molecule has 8 heteroatoms. The largest absolute Gasteiger partial charge is 0.444 e. The standard InChI is InChI=1S/C18H36N4O3.HI/c1-6-19-15(20-11-12-21-16(24)25-17(2,3)4)22-13-18(5)10-8-7-9-14(18)23;/h14,23H,6-13H2,1-5H3,(H,21,24)(H2,19,20,22);1H. The molecule has 154 valence electrons. The fraction of sp³-hybridized carbons (Fsp3) is 0.889. The number of hydrogen-bond donors (Lipinski definition) is 4. The minimum atomic E-state index is -0.496. The van der Waals surface area contributed by atoms with Crippen molar-refractivity contribution in [1.82, 2.24) is 16.0 Å². The number of hydrogen-bond acceptors (Lipinski definition) is 4. The normalized spacial score (nSPS) is 23.6. The van der Waals surface area contributed by atoms with E-state index in [2.05, 4.69) is 27.9 Å². The van der Waals surface area contributed by atoms with E-state index in [0.717, 1.165) is 32.2 Å². The van der Waals surface area contributed by atoms with Gasteiger partial charge in [0.2, 0.25) is 0 Å². The van der Waals surface area contributed by atoms with Crippen LogP contribution in [0.1, 0.15) is 60.3 Å². The van der Waals surface area contributed by atoms with Crippen molar-refractivity contribution in [3.8, 4) is 0 Å². The van der Waals surface area contributed by atoms with Crippen LogP contribution in [0.5, 0.6) is 0 Å². The molecule has 1 fully saturated rings. The summed E-state index contributed by atoms with van der Waals surface area (Å²) in [5.41, 5.74) is -0.653. The smallest absolute Gasteiger partial charge is 0.407 e. The van der Waals surface area contributed by atoms with Crippen molar-refractivity contribution in [2.24, 2.45) is 10.4 Å². The van der Waals surface area contributed by atoms with Crippen molar-refractivity contribution in [3.63, 3.8) is 0 Å². The average Bonchev–Trinajstić information content (AvgIpc) is 2.50. The van der Waals surface area contributed by atoms with Gasteiger partial charge < -0.3 is 25.8 Å². The minimum absolute atomic E-state index is 0. The van der Waals surface area contributed by atoms with E-state index in [1.807, 2.05) is 27.7 Å². The maximum atomic E-state index is 11.6. The summed E-state index contributed by atoms with van der Waals surface area (Å²) in [6.45, 7) is 11.9. The number of ether oxygens (including phenoxy) is 1. The molecule has 26 heavy (non-hydrogen) atoms. The zero-order valence-electron chi connectivity index (χ0n) is 16.9. The highest BCUT2D eigenvalue weighted by molar-refractivity contribution is 14.0. The van der Waals surface area contributed by atoms with E-state index in [1.165, 1.54) is 0 Å². The molecule has 0 aliphatic heterocycles. The number of rotatable bonds is 6. The van der Waals surface area contributed by atoms with E-state index in [-0.39, 0.29) is 35.5 Å². The molecule has 1 aliphatic carbocycles. The maximum Gasteiger partial charge on any atom is 0.407 e. The number of aliphatic hydroxyl groups excluding tert-OH is 1. The molecular formula is C18H37IN4O3. The van der Waals surface area contributed by atoms with E-state index >= 15 is 0 Å². The van der Waals surface area contributed by atoms with E-state index < -0.39 is 11.7 Å². The summed E-state index contributed by atoms with van der Waals surface area (Å²) in [6, 6.07) is 0. The number of amides is 1. The SMILES string of the molecule is CCNC(=NCC1(C)CCCCC1O)NCCNC(=O)OC(C)(C)C.I. The molecule has 0 aromatic carbocycles. The highest BCUT2D eigenvalue weighted by Crippen LogP contribution is 2.36. The molecule has 7 nitrogen and oxygen atoms in total. The third-order valence-corrected chi connectivity index (χ3v) is 4.31. The molecule has 0 spiro atoms. The van der Waals surface area contributed by atoms with E-state index in [9.17, 15) is 9.90 Å². The van der Waals surface area contributed by atoms with Gasteiger partial charge in [-0.3, -0.25) is 4.99 Å². The molecule has 2 atom stereocenters. The number of carbonyl (C=O) groups is 1. The lowest BCUT2D eigenvalue weighted by Gasteiger charge is -2.37. The Morgan fingerprint density at radius 1 is 1.23 bits per heavy atom. The summed E-state index contributed by atoms with van der Waals surface area (Å²) in [4.78, 5) is 16.2. The second kappa shape index (κ2) is 11.8. The number of carbonyl (C=O) groups excluding carboxylic acids is 1. The van der Waals surface area contributed by atoms with Crippen LogP contribution >= 0.6 is 24.0 Å². The molecule has 4 N–H and O–H groups in total. The Labute approximate surface area is 175 Å². The van der Waals surface area contributed by atoms with Gasteiger partial charge in [0.15, 0.2) is 5.96 Å². The molecule has 1 amide bonds. The van der Waals surface area contributed by atoms with Gasteiger partial charge in [-0.05, 0) is 40.5 Å². The van der Waals surface area contributed by atoms with Crippen LogP contribution in [0.2, 0.25) is 0 Å². The van der Waals surface area contributed by atoms with Crippen molar-refractivity contribution in [2.45, 2.75) is 72.0 Å². The quantitative estimate of drug-likeness (QED) is 0.201. The van der Waals surface area contributed by atoms with Crippen LogP contribution in [0.25, 0.3) is 0 Å². The Morgan fingerprint density at radius 3 is 2.46 bits per heavy atom. The van der Waals surface area contributed by atoms with Crippen LogP contribution in [-0.2, 0) is 4.74 Å². The van der Waals surface area contributed by atoms with Gasteiger partial charge in [-0.2, -0.15) is 0 Å². The Morgan fingerprint density at radius 2 is 1.88 bits per heavy atom. The van der Waals surface area contributed by atoms with Crippen molar-refractivity contribution >= 4 is 36.0 Å². The van der Waals surface area contributed by atoms with Gasteiger partial charge >= 0.3 is 6.09 Å². The highest BCUT2D eigenvalue weighted by atomic mass is 127. The first-order valence-electron chi connectivity index (χ1n) is 9.33. The molecule has 0 aromatic rings. The van der Waals surface area contributed by atoms with Gasteiger partial charge in [-0.25, -0.2) is 4.79 Å². The lowest BCUT2D eigenvalue weighted by molar-refractivity contribution is 0.00716. The molecule has 0 aromatic heterocycles. The number of nitrogens with zero attached hydrogens (tertiary/aromatic N) is 1. The Hall–Kier alpha value is -0.770. The second-order valence-corrected chi connectivity index (χ2v) is 7.97. The van der Waals surface area contributed by atoms with Crippen molar-refractivity contribution < 1.29 is 14.6 Å². The van der Waals surface area contributed by atoms with Gasteiger partial charge in [0.25, 0.3) is 0 Å². The zero-order chi connectivity index (χ0) is 18.9. The molecule has 0 radical (unpaired) electrons. The molecular weight excluding hydrogens is 447 g/mol. The van der Waals surface area contributed by atoms with Crippen molar-refractivity contribution in [3.05, 3.63) is 0 Å². The summed E-state index contributed by atoms with van der Waals surface area (Å²) >= 11 is 0. The number of nitrogens with one attached hydrogen (secondary N) is 3. The summed E-state index contributed by atoms with van der Waals surface area (Å²) < 4.78 is 5.19. The highest BCUT2D eigenvalue weighted by Gasteiger charge is 2.35. The van der Waals surface area contributed by atoms with Crippen molar-refractivity contribution in [1.29, 1.82) is 0 Å². The van der Waals surface area contributed by atoms with Gasteiger partial charge in [0.1, 0.15) is 5.60 Å². The van der Waals surface area contributed by atoms with E-state index in [0.29, 0.717) is 25.6 Å². The molecule has 0 heterocycles. The Bertz CT molecular complexity index is 454. The van der Waals surface area contributed by atoms with Gasteiger partial charge in [-0.15, -0.1) is 24.0 Å².